The Labute approximate surface area is 126 Å². The molecule has 0 radical (unpaired) electrons. The molecule has 2 aliphatic rings. The number of carbonyl (C=O) groups excluding carboxylic acids is 1. The minimum absolute atomic E-state index is 0.158. The quantitative estimate of drug-likeness (QED) is 0.839. The van der Waals surface area contributed by atoms with Gasteiger partial charge in [-0.1, -0.05) is 30.3 Å². The molecule has 1 amide bonds. The molecule has 4 nitrogen and oxygen atoms in total. The molecule has 114 valence electrons. The summed E-state index contributed by atoms with van der Waals surface area (Å²) < 4.78 is 5.50. The van der Waals surface area contributed by atoms with Crippen LogP contribution in [0.15, 0.2) is 30.3 Å². The van der Waals surface area contributed by atoms with Crippen molar-refractivity contribution in [3.8, 4) is 0 Å². The molecule has 0 saturated carbocycles. The number of amides is 1. The lowest BCUT2D eigenvalue weighted by molar-refractivity contribution is 0.0124. The van der Waals surface area contributed by atoms with Crippen molar-refractivity contribution in [3.05, 3.63) is 35.9 Å². The van der Waals surface area contributed by atoms with E-state index in [9.17, 15) is 4.79 Å². The highest BCUT2D eigenvalue weighted by Gasteiger charge is 2.46. The molecule has 2 saturated heterocycles. The first-order chi connectivity index (χ1) is 9.92. The second-order valence-electron chi connectivity index (χ2n) is 7.09. The van der Waals surface area contributed by atoms with E-state index in [4.69, 9.17) is 4.74 Å². The summed E-state index contributed by atoms with van der Waals surface area (Å²) in [5, 5.41) is 0. The van der Waals surface area contributed by atoms with E-state index in [0.29, 0.717) is 12.1 Å². The summed E-state index contributed by atoms with van der Waals surface area (Å²) in [5.41, 5.74) is 0.927. The molecule has 1 aromatic carbocycles. The summed E-state index contributed by atoms with van der Waals surface area (Å²) in [6.45, 7) is 8.48. The fourth-order valence-electron chi connectivity index (χ4n) is 3.31. The van der Waals surface area contributed by atoms with Crippen molar-refractivity contribution in [3.63, 3.8) is 0 Å². The van der Waals surface area contributed by atoms with Gasteiger partial charge < -0.3 is 9.64 Å². The summed E-state index contributed by atoms with van der Waals surface area (Å²) in [6.07, 6.45) is 0.917. The Balaban J connectivity index is 1.58. The molecule has 21 heavy (non-hydrogen) atoms. The number of carbonyl (C=O) groups is 1. The van der Waals surface area contributed by atoms with Crippen LogP contribution in [0.5, 0.6) is 0 Å². The van der Waals surface area contributed by atoms with Crippen molar-refractivity contribution < 1.29 is 9.53 Å². The van der Waals surface area contributed by atoms with Crippen LogP contribution in [-0.2, 0) is 11.3 Å². The zero-order chi connectivity index (χ0) is 15.0. The Morgan fingerprint density at radius 1 is 1.19 bits per heavy atom. The molecule has 2 atom stereocenters. The van der Waals surface area contributed by atoms with E-state index in [0.717, 1.165) is 26.1 Å². The topological polar surface area (TPSA) is 32.8 Å². The van der Waals surface area contributed by atoms with Crippen molar-refractivity contribution in [2.75, 3.05) is 13.1 Å². The van der Waals surface area contributed by atoms with Gasteiger partial charge in [0, 0.05) is 31.7 Å². The van der Waals surface area contributed by atoms with Crippen LogP contribution in [0.3, 0.4) is 0 Å². The van der Waals surface area contributed by atoms with E-state index in [1.54, 1.807) is 0 Å². The normalized spacial score (nSPS) is 25.4. The zero-order valence-corrected chi connectivity index (χ0v) is 13.1. The van der Waals surface area contributed by atoms with Crippen LogP contribution in [0.4, 0.5) is 4.79 Å². The summed E-state index contributed by atoms with van der Waals surface area (Å²) in [6, 6.07) is 11.3. The Bertz CT molecular complexity index is 509. The highest BCUT2D eigenvalue weighted by atomic mass is 16.6. The van der Waals surface area contributed by atoms with Crippen LogP contribution in [-0.4, -0.2) is 46.7 Å². The van der Waals surface area contributed by atoms with E-state index in [1.165, 1.54) is 5.56 Å². The van der Waals surface area contributed by atoms with E-state index in [1.807, 2.05) is 31.7 Å². The summed E-state index contributed by atoms with van der Waals surface area (Å²) in [7, 11) is 0. The molecule has 0 aliphatic carbocycles. The zero-order valence-electron chi connectivity index (χ0n) is 13.1. The molecule has 0 spiro atoms. The van der Waals surface area contributed by atoms with E-state index in [-0.39, 0.29) is 6.09 Å². The first-order valence-corrected chi connectivity index (χ1v) is 7.70. The molecule has 2 aliphatic heterocycles. The van der Waals surface area contributed by atoms with Gasteiger partial charge in [-0.05, 0) is 32.8 Å². The molecule has 2 fully saturated rings. The lowest BCUT2D eigenvalue weighted by atomic mass is 10.2. The molecule has 0 unspecified atom stereocenters. The number of hydrogen-bond donors (Lipinski definition) is 0. The SMILES string of the molecule is CC(C)(C)OC(=O)N1C[C@@H]2C[C@@H]1CN2Cc1ccccc1. The Kier molecular flexibility index (Phi) is 3.66. The molecule has 1 aromatic rings. The fraction of sp³-hybridized carbons (Fsp3) is 0.588. The highest BCUT2D eigenvalue weighted by Crippen LogP contribution is 2.32. The molecule has 2 heterocycles. The summed E-state index contributed by atoms with van der Waals surface area (Å²) in [4.78, 5) is 16.6. The van der Waals surface area contributed by atoms with Gasteiger partial charge in [-0.2, -0.15) is 0 Å². The third-order valence-electron chi connectivity index (χ3n) is 4.21. The van der Waals surface area contributed by atoms with E-state index < -0.39 is 5.60 Å². The maximum absolute atomic E-state index is 12.2. The van der Waals surface area contributed by atoms with Gasteiger partial charge >= 0.3 is 6.09 Å². The largest absolute Gasteiger partial charge is 0.444 e. The van der Waals surface area contributed by atoms with Gasteiger partial charge in [-0.3, -0.25) is 4.90 Å². The van der Waals surface area contributed by atoms with Gasteiger partial charge in [0.15, 0.2) is 0 Å². The van der Waals surface area contributed by atoms with Gasteiger partial charge in [0.25, 0.3) is 0 Å². The predicted molar refractivity (Wildman–Crippen MR) is 82.0 cm³/mol. The number of likely N-dealkylation sites (tertiary alicyclic amines) is 2. The first-order valence-electron chi connectivity index (χ1n) is 7.70. The second kappa shape index (κ2) is 5.34. The second-order valence-corrected chi connectivity index (χ2v) is 7.09. The van der Waals surface area contributed by atoms with Crippen LogP contribution in [0.1, 0.15) is 32.8 Å². The van der Waals surface area contributed by atoms with Crippen LogP contribution in [0.25, 0.3) is 0 Å². The molecule has 4 heteroatoms. The first kappa shape index (κ1) is 14.4. The third kappa shape index (κ3) is 3.21. The molecular formula is C17H24N2O2. The molecule has 2 bridgehead atoms. The summed E-state index contributed by atoms with van der Waals surface area (Å²) >= 11 is 0. The van der Waals surface area contributed by atoms with Crippen LogP contribution >= 0.6 is 0 Å². The smallest absolute Gasteiger partial charge is 0.410 e. The van der Waals surface area contributed by atoms with E-state index in [2.05, 4.69) is 29.2 Å². The average Bonchev–Trinajstić information content (AvgIpc) is 2.97. The maximum atomic E-state index is 12.2. The van der Waals surface area contributed by atoms with E-state index >= 15 is 0 Å². The van der Waals surface area contributed by atoms with Crippen LogP contribution in [0.2, 0.25) is 0 Å². The summed E-state index contributed by atoms with van der Waals surface area (Å²) in [5.74, 6) is 0. The van der Waals surface area contributed by atoms with Gasteiger partial charge in [-0.15, -0.1) is 0 Å². The number of benzene rings is 1. The maximum Gasteiger partial charge on any atom is 0.410 e. The third-order valence-corrected chi connectivity index (χ3v) is 4.21. The van der Waals surface area contributed by atoms with Crippen molar-refractivity contribution in [2.45, 2.75) is 51.4 Å². The number of nitrogens with zero attached hydrogens (tertiary/aromatic N) is 2. The van der Waals surface area contributed by atoms with Gasteiger partial charge in [0.2, 0.25) is 0 Å². The van der Waals surface area contributed by atoms with Crippen molar-refractivity contribution >= 4 is 6.09 Å². The minimum atomic E-state index is -0.414. The molecular weight excluding hydrogens is 264 g/mol. The molecule has 3 rings (SSSR count). The predicted octanol–water partition coefficient (Wildman–Crippen LogP) is 2.88. The highest BCUT2D eigenvalue weighted by molar-refractivity contribution is 5.69. The minimum Gasteiger partial charge on any atom is -0.444 e. The number of fused-ring (bicyclic) bond motifs is 2. The number of rotatable bonds is 2. The Morgan fingerprint density at radius 2 is 1.90 bits per heavy atom. The monoisotopic (exact) mass is 288 g/mol. The number of hydrogen-bond acceptors (Lipinski definition) is 3. The van der Waals surface area contributed by atoms with Crippen molar-refractivity contribution in [1.82, 2.24) is 9.80 Å². The van der Waals surface area contributed by atoms with Crippen LogP contribution in [0, 0.1) is 0 Å². The lowest BCUT2D eigenvalue weighted by Crippen LogP contribution is -2.49. The Hall–Kier alpha value is -1.55. The Morgan fingerprint density at radius 3 is 2.48 bits per heavy atom. The number of piperazine rings is 1. The van der Waals surface area contributed by atoms with Crippen LogP contribution < -0.4 is 0 Å². The van der Waals surface area contributed by atoms with Crippen molar-refractivity contribution in [2.24, 2.45) is 0 Å². The fourth-order valence-corrected chi connectivity index (χ4v) is 3.31. The van der Waals surface area contributed by atoms with Gasteiger partial charge in [0.05, 0.1) is 0 Å². The average molecular weight is 288 g/mol. The van der Waals surface area contributed by atoms with Crippen molar-refractivity contribution in [1.29, 1.82) is 0 Å². The standard InChI is InChI=1S/C17H24N2O2/c1-17(2,3)21-16(20)19-12-14-9-15(19)11-18(14)10-13-7-5-4-6-8-13/h4-8,14-15H,9-12H2,1-3H3/t14-,15+/m0/s1. The molecule has 0 N–H and O–H groups in total. The van der Waals surface area contributed by atoms with Gasteiger partial charge in [0.1, 0.15) is 5.60 Å². The lowest BCUT2D eigenvalue weighted by Gasteiger charge is -2.35. The molecule has 0 aromatic heterocycles. The number of ether oxygens (including phenoxy) is 1. The van der Waals surface area contributed by atoms with Gasteiger partial charge in [-0.25, -0.2) is 4.79 Å².